The van der Waals surface area contributed by atoms with Crippen LogP contribution in [0, 0.1) is 0 Å². The lowest BCUT2D eigenvalue weighted by molar-refractivity contribution is -0.113. The molecule has 0 fully saturated rings. The topological polar surface area (TPSA) is 106 Å². The van der Waals surface area contributed by atoms with E-state index in [0.29, 0.717) is 28.8 Å². The first-order valence-corrected chi connectivity index (χ1v) is 11.3. The van der Waals surface area contributed by atoms with Gasteiger partial charge in [-0.15, -0.1) is 16.8 Å². The number of esters is 1. The molecule has 2 aromatic carbocycles. The minimum absolute atomic E-state index is 0.0376. The van der Waals surface area contributed by atoms with Crippen molar-refractivity contribution < 1.29 is 19.4 Å². The predicted octanol–water partition coefficient (Wildman–Crippen LogP) is 4.77. The van der Waals surface area contributed by atoms with Gasteiger partial charge >= 0.3 is 5.97 Å². The highest BCUT2D eigenvalue weighted by Crippen LogP contribution is 2.33. The molecule has 166 valence electrons. The lowest BCUT2D eigenvalue weighted by atomic mass is 10.2. The van der Waals surface area contributed by atoms with E-state index in [9.17, 15) is 14.7 Å². The van der Waals surface area contributed by atoms with Crippen molar-refractivity contribution in [3.8, 4) is 17.1 Å². The SMILES string of the molecule is C=CCn1c(SCC(=O)Nc2ccc(Cl)c(C(=O)OC)c2)nnc1-c1cc(Br)ccc1O. The average Bonchev–Trinajstić information content (AvgIpc) is 3.17. The fourth-order valence-corrected chi connectivity index (χ4v) is 4.08. The number of benzene rings is 2. The minimum atomic E-state index is -0.596. The molecule has 1 heterocycles. The van der Waals surface area contributed by atoms with Gasteiger partial charge in [-0.1, -0.05) is 45.4 Å². The number of methoxy groups -OCH3 is 1. The van der Waals surface area contributed by atoms with Gasteiger partial charge in [0.1, 0.15) is 5.75 Å². The van der Waals surface area contributed by atoms with Crippen molar-refractivity contribution in [2.24, 2.45) is 0 Å². The molecule has 0 unspecified atom stereocenters. The van der Waals surface area contributed by atoms with Crippen molar-refractivity contribution in [3.05, 3.63) is 64.1 Å². The van der Waals surface area contributed by atoms with Crippen LogP contribution >= 0.6 is 39.3 Å². The Morgan fingerprint density at radius 3 is 2.81 bits per heavy atom. The number of rotatable bonds is 8. The van der Waals surface area contributed by atoms with Crippen LogP contribution in [0.15, 0.2) is 58.7 Å². The maximum Gasteiger partial charge on any atom is 0.339 e. The summed E-state index contributed by atoms with van der Waals surface area (Å²) in [5.74, 6) is -0.360. The molecule has 0 atom stereocenters. The third-order valence-electron chi connectivity index (χ3n) is 4.22. The zero-order valence-corrected chi connectivity index (χ0v) is 20.0. The van der Waals surface area contributed by atoms with Crippen LogP contribution in [0.4, 0.5) is 5.69 Å². The molecule has 0 saturated carbocycles. The van der Waals surface area contributed by atoms with E-state index in [1.165, 1.54) is 31.0 Å². The third kappa shape index (κ3) is 5.50. The van der Waals surface area contributed by atoms with E-state index in [2.05, 4.69) is 42.8 Å². The van der Waals surface area contributed by atoms with Gasteiger partial charge in [-0.25, -0.2) is 4.79 Å². The van der Waals surface area contributed by atoms with Crippen LogP contribution in [0.5, 0.6) is 5.75 Å². The van der Waals surface area contributed by atoms with Gasteiger partial charge in [0.2, 0.25) is 5.91 Å². The van der Waals surface area contributed by atoms with Gasteiger partial charge in [0.25, 0.3) is 0 Å². The molecule has 0 aliphatic carbocycles. The van der Waals surface area contributed by atoms with Crippen LogP contribution in [0.1, 0.15) is 10.4 Å². The summed E-state index contributed by atoms with van der Waals surface area (Å²) in [4.78, 5) is 24.2. The van der Waals surface area contributed by atoms with Gasteiger partial charge in [0.05, 0.1) is 29.0 Å². The van der Waals surface area contributed by atoms with E-state index >= 15 is 0 Å². The van der Waals surface area contributed by atoms with Gasteiger partial charge < -0.3 is 15.2 Å². The lowest BCUT2D eigenvalue weighted by Crippen LogP contribution is -2.15. The molecule has 8 nitrogen and oxygen atoms in total. The largest absolute Gasteiger partial charge is 0.507 e. The number of nitrogens with zero attached hydrogens (tertiary/aromatic N) is 3. The summed E-state index contributed by atoms with van der Waals surface area (Å²) < 4.78 is 7.22. The quantitative estimate of drug-likeness (QED) is 0.242. The summed E-state index contributed by atoms with van der Waals surface area (Å²) in [5.41, 5.74) is 1.07. The maximum atomic E-state index is 12.5. The molecule has 0 aliphatic heterocycles. The zero-order valence-electron chi connectivity index (χ0n) is 16.8. The fourth-order valence-electron chi connectivity index (χ4n) is 2.77. The van der Waals surface area contributed by atoms with Crippen LogP contribution in [-0.4, -0.2) is 44.6 Å². The molecule has 2 N–H and O–H groups in total. The van der Waals surface area contributed by atoms with E-state index in [4.69, 9.17) is 11.6 Å². The van der Waals surface area contributed by atoms with E-state index in [0.717, 1.165) is 4.47 Å². The van der Waals surface area contributed by atoms with E-state index in [-0.39, 0.29) is 28.0 Å². The number of hydrogen-bond donors (Lipinski definition) is 2. The minimum Gasteiger partial charge on any atom is -0.507 e. The lowest BCUT2D eigenvalue weighted by Gasteiger charge is -2.10. The number of carbonyl (C=O) groups is 2. The highest BCUT2D eigenvalue weighted by molar-refractivity contribution is 9.10. The van der Waals surface area contributed by atoms with Crippen molar-refractivity contribution >= 4 is 56.9 Å². The normalized spacial score (nSPS) is 10.6. The Morgan fingerprint density at radius 2 is 2.09 bits per heavy atom. The fraction of sp³-hybridized carbons (Fsp3) is 0.143. The van der Waals surface area contributed by atoms with Crippen molar-refractivity contribution in [2.75, 3.05) is 18.2 Å². The second-order valence-corrected chi connectivity index (χ2v) is 8.66. The summed E-state index contributed by atoms with van der Waals surface area (Å²) in [5, 5.41) is 22.0. The summed E-state index contributed by atoms with van der Waals surface area (Å²) in [6.45, 7) is 4.14. The second-order valence-electron chi connectivity index (χ2n) is 6.39. The first-order valence-electron chi connectivity index (χ1n) is 9.17. The number of allylic oxidation sites excluding steroid dienone is 1. The Kier molecular flexibility index (Phi) is 7.94. The van der Waals surface area contributed by atoms with E-state index < -0.39 is 5.97 Å². The van der Waals surface area contributed by atoms with Crippen LogP contribution in [-0.2, 0) is 16.1 Å². The van der Waals surface area contributed by atoms with Crippen LogP contribution in [0.25, 0.3) is 11.4 Å². The smallest absolute Gasteiger partial charge is 0.339 e. The zero-order chi connectivity index (χ0) is 23.3. The number of thioether (sulfide) groups is 1. The first kappa shape index (κ1) is 23.8. The predicted molar refractivity (Wildman–Crippen MR) is 127 cm³/mol. The molecule has 0 spiro atoms. The Hall–Kier alpha value is -2.82. The molecular weight excluding hydrogens is 520 g/mol. The van der Waals surface area contributed by atoms with Gasteiger partial charge in [-0.3, -0.25) is 9.36 Å². The number of carbonyl (C=O) groups excluding carboxylic acids is 2. The van der Waals surface area contributed by atoms with Crippen LogP contribution in [0.2, 0.25) is 5.02 Å². The molecule has 0 radical (unpaired) electrons. The number of ether oxygens (including phenoxy) is 1. The second kappa shape index (κ2) is 10.7. The van der Waals surface area contributed by atoms with Crippen molar-refractivity contribution in [1.82, 2.24) is 14.8 Å². The molecule has 32 heavy (non-hydrogen) atoms. The van der Waals surface area contributed by atoms with E-state index in [1.54, 1.807) is 34.9 Å². The first-order chi connectivity index (χ1) is 15.3. The highest BCUT2D eigenvalue weighted by atomic mass is 79.9. The van der Waals surface area contributed by atoms with Crippen LogP contribution in [0.3, 0.4) is 0 Å². The van der Waals surface area contributed by atoms with Crippen molar-refractivity contribution in [1.29, 1.82) is 0 Å². The summed E-state index contributed by atoms with van der Waals surface area (Å²) in [6, 6.07) is 9.56. The van der Waals surface area contributed by atoms with Gasteiger partial charge in [0.15, 0.2) is 11.0 Å². The number of halogens is 2. The number of aromatic nitrogens is 3. The molecule has 1 aromatic heterocycles. The van der Waals surface area contributed by atoms with Crippen molar-refractivity contribution in [2.45, 2.75) is 11.7 Å². The number of phenols is 1. The number of aromatic hydroxyl groups is 1. The monoisotopic (exact) mass is 536 g/mol. The van der Waals surface area contributed by atoms with Gasteiger partial charge in [-0.2, -0.15) is 0 Å². The van der Waals surface area contributed by atoms with Crippen molar-refractivity contribution in [3.63, 3.8) is 0 Å². The summed E-state index contributed by atoms with van der Waals surface area (Å²) in [7, 11) is 1.25. The standard InChI is InChI=1S/C21H18BrClN4O4S/c1-3-8-27-19(15-9-12(22)4-7-17(15)28)25-26-21(27)32-11-18(29)24-13-5-6-16(23)14(10-13)20(30)31-2/h3-7,9-10,28H,1,8,11H2,2H3,(H,24,29). The molecular formula is C21H18BrClN4O4S. The summed E-state index contributed by atoms with van der Waals surface area (Å²) in [6.07, 6.45) is 1.67. The molecule has 3 aromatic rings. The van der Waals surface area contributed by atoms with Gasteiger partial charge in [0, 0.05) is 16.7 Å². The highest BCUT2D eigenvalue weighted by Gasteiger charge is 2.18. The number of amides is 1. The molecule has 3 rings (SSSR count). The van der Waals surface area contributed by atoms with Crippen LogP contribution < -0.4 is 5.32 Å². The Morgan fingerprint density at radius 1 is 1.31 bits per heavy atom. The van der Waals surface area contributed by atoms with Gasteiger partial charge in [-0.05, 0) is 36.4 Å². The Bertz CT molecular complexity index is 1180. The average molecular weight is 538 g/mol. The summed E-state index contributed by atoms with van der Waals surface area (Å²) >= 11 is 10.6. The van der Waals surface area contributed by atoms with E-state index in [1.807, 2.05) is 0 Å². The third-order valence-corrected chi connectivity index (χ3v) is 6.01. The molecule has 0 aliphatic rings. The maximum absolute atomic E-state index is 12.5. The number of phenolic OH excluding ortho intramolecular Hbond substituents is 1. The Labute approximate surface area is 201 Å². The number of nitrogens with one attached hydrogen (secondary N) is 1. The molecule has 11 heteroatoms. The molecule has 0 saturated heterocycles. The Balaban J connectivity index is 1.75. The molecule has 1 amide bonds. The number of anilines is 1. The number of hydrogen-bond acceptors (Lipinski definition) is 7. The molecule has 0 bridgehead atoms.